The average molecular weight is 202 g/mol. The van der Waals surface area contributed by atoms with Crippen LogP contribution in [0.25, 0.3) is 10.9 Å². The number of para-hydroxylation sites is 1. The van der Waals surface area contributed by atoms with Crippen LogP contribution in [-0.4, -0.2) is 10.9 Å². The number of phenolic OH excluding ortho intramolecular Hbond substituents is 1. The van der Waals surface area contributed by atoms with Crippen LogP contribution in [0.15, 0.2) is 36.5 Å². The Labute approximate surface area is 87.6 Å². The quantitative estimate of drug-likeness (QED) is 0.748. The van der Waals surface area contributed by atoms with Gasteiger partial charge in [-0.25, -0.2) is 0 Å². The van der Waals surface area contributed by atoms with Crippen LogP contribution < -0.4 is 4.57 Å². The van der Waals surface area contributed by atoms with E-state index in [-0.39, 0.29) is 18.1 Å². The van der Waals surface area contributed by atoms with E-state index in [1.165, 1.54) is 6.92 Å². The van der Waals surface area contributed by atoms with Crippen LogP contribution in [0.1, 0.15) is 6.92 Å². The van der Waals surface area contributed by atoms with Crippen LogP contribution in [0.5, 0.6) is 5.75 Å². The van der Waals surface area contributed by atoms with Gasteiger partial charge in [-0.2, -0.15) is 4.57 Å². The first kappa shape index (κ1) is 9.65. The van der Waals surface area contributed by atoms with Gasteiger partial charge in [-0.3, -0.25) is 4.79 Å². The molecule has 2 aromatic rings. The number of pyridine rings is 1. The van der Waals surface area contributed by atoms with Crippen LogP contribution >= 0.6 is 0 Å². The lowest BCUT2D eigenvalue weighted by molar-refractivity contribution is -0.658. The second-order valence-corrected chi connectivity index (χ2v) is 3.55. The predicted octanol–water partition coefficient (Wildman–Crippen LogP) is 1.42. The molecule has 76 valence electrons. The monoisotopic (exact) mass is 202 g/mol. The molecule has 1 N–H and O–H groups in total. The molecule has 0 aliphatic heterocycles. The fourth-order valence-corrected chi connectivity index (χ4v) is 1.69. The van der Waals surface area contributed by atoms with Crippen molar-refractivity contribution in [2.75, 3.05) is 0 Å². The highest BCUT2D eigenvalue weighted by atomic mass is 16.3. The average Bonchev–Trinajstić information content (AvgIpc) is 2.17. The van der Waals surface area contributed by atoms with Crippen molar-refractivity contribution in [1.82, 2.24) is 0 Å². The number of Topliss-reactive ketones (excluding diaryl/α,β-unsaturated/α-hetero) is 1. The molecule has 0 radical (unpaired) electrons. The number of carbonyl (C=O) groups excluding carboxylic acids is 1. The Balaban J connectivity index is 2.68. The molecule has 3 heteroatoms. The number of hydrogen-bond acceptors (Lipinski definition) is 2. The summed E-state index contributed by atoms with van der Waals surface area (Å²) in [5, 5.41) is 10.7. The van der Waals surface area contributed by atoms with Gasteiger partial charge in [-0.15, -0.1) is 0 Å². The maximum absolute atomic E-state index is 11.1. The standard InChI is InChI=1S/C12H11NO2/c1-9(14)8-13-7-3-5-10-4-2-6-11(15)12(10)13/h2-7H,8H2,1H3/p+1. The molecule has 3 nitrogen and oxygen atoms in total. The maximum Gasteiger partial charge on any atom is 0.255 e. The minimum atomic E-state index is 0.0655. The summed E-state index contributed by atoms with van der Waals surface area (Å²) in [5.74, 6) is 0.269. The fourth-order valence-electron chi connectivity index (χ4n) is 1.69. The lowest BCUT2D eigenvalue weighted by Crippen LogP contribution is -2.37. The first-order valence-corrected chi connectivity index (χ1v) is 4.78. The summed E-state index contributed by atoms with van der Waals surface area (Å²) in [4.78, 5) is 11.1. The van der Waals surface area contributed by atoms with Crippen molar-refractivity contribution in [3.63, 3.8) is 0 Å². The predicted molar refractivity (Wildman–Crippen MR) is 56.5 cm³/mol. The van der Waals surface area contributed by atoms with Gasteiger partial charge in [-0.1, -0.05) is 6.07 Å². The van der Waals surface area contributed by atoms with Gasteiger partial charge in [0, 0.05) is 13.0 Å². The highest BCUT2D eigenvalue weighted by Crippen LogP contribution is 2.19. The Morgan fingerprint density at radius 1 is 1.33 bits per heavy atom. The summed E-state index contributed by atoms with van der Waals surface area (Å²) < 4.78 is 1.76. The third-order valence-corrected chi connectivity index (χ3v) is 2.27. The van der Waals surface area contributed by atoms with Crippen molar-refractivity contribution in [1.29, 1.82) is 0 Å². The molecule has 0 unspecified atom stereocenters. The van der Waals surface area contributed by atoms with Gasteiger partial charge in [0.2, 0.25) is 6.54 Å². The van der Waals surface area contributed by atoms with E-state index < -0.39 is 0 Å². The van der Waals surface area contributed by atoms with Crippen molar-refractivity contribution in [2.24, 2.45) is 0 Å². The number of hydrogen-bond donors (Lipinski definition) is 1. The summed E-state index contributed by atoms with van der Waals surface area (Å²) >= 11 is 0. The first-order valence-electron chi connectivity index (χ1n) is 4.78. The van der Waals surface area contributed by atoms with Crippen molar-refractivity contribution in [3.05, 3.63) is 36.5 Å². The molecule has 0 aliphatic rings. The second-order valence-electron chi connectivity index (χ2n) is 3.55. The number of nitrogens with zero attached hydrogens (tertiary/aromatic N) is 1. The van der Waals surface area contributed by atoms with E-state index in [0.717, 1.165) is 5.39 Å². The van der Waals surface area contributed by atoms with E-state index in [2.05, 4.69) is 0 Å². The third kappa shape index (κ3) is 1.81. The summed E-state index contributed by atoms with van der Waals surface area (Å²) in [7, 11) is 0. The van der Waals surface area contributed by atoms with Gasteiger partial charge in [0.15, 0.2) is 17.7 Å². The maximum atomic E-state index is 11.1. The molecule has 1 aromatic heterocycles. The molecule has 0 aliphatic carbocycles. The van der Waals surface area contributed by atoms with Gasteiger partial charge >= 0.3 is 0 Å². The normalized spacial score (nSPS) is 10.5. The van der Waals surface area contributed by atoms with Crippen LogP contribution in [0.4, 0.5) is 0 Å². The zero-order valence-electron chi connectivity index (χ0n) is 8.47. The SMILES string of the molecule is CC(=O)C[n+]1cccc2cccc(O)c21. The van der Waals surface area contributed by atoms with Gasteiger partial charge in [0.05, 0.1) is 5.39 Å². The molecular weight excluding hydrogens is 190 g/mol. The van der Waals surface area contributed by atoms with Gasteiger partial charge in [-0.05, 0) is 18.2 Å². The zero-order chi connectivity index (χ0) is 10.8. The zero-order valence-corrected chi connectivity index (χ0v) is 8.47. The Bertz CT molecular complexity index is 515. The number of rotatable bonds is 2. The number of benzene rings is 1. The highest BCUT2D eigenvalue weighted by molar-refractivity contribution is 5.81. The highest BCUT2D eigenvalue weighted by Gasteiger charge is 2.13. The van der Waals surface area contributed by atoms with Crippen LogP contribution in [-0.2, 0) is 11.3 Å². The van der Waals surface area contributed by atoms with Crippen LogP contribution in [0.2, 0.25) is 0 Å². The number of aromatic nitrogens is 1. The van der Waals surface area contributed by atoms with E-state index in [4.69, 9.17) is 0 Å². The van der Waals surface area contributed by atoms with Crippen LogP contribution in [0.3, 0.4) is 0 Å². The van der Waals surface area contributed by atoms with Crippen molar-refractivity contribution >= 4 is 16.7 Å². The van der Waals surface area contributed by atoms with Gasteiger partial charge in [0.25, 0.3) is 5.52 Å². The fraction of sp³-hybridized carbons (Fsp3) is 0.167. The summed E-state index contributed by atoms with van der Waals surface area (Å²) in [5.41, 5.74) is 0.704. The number of ketones is 1. The Kier molecular flexibility index (Phi) is 2.37. The molecule has 15 heavy (non-hydrogen) atoms. The van der Waals surface area contributed by atoms with E-state index in [9.17, 15) is 9.90 Å². The minimum Gasteiger partial charge on any atom is -0.502 e. The smallest absolute Gasteiger partial charge is 0.255 e. The molecule has 0 bridgehead atoms. The molecule has 0 amide bonds. The number of aromatic hydroxyl groups is 1. The second kappa shape index (κ2) is 3.69. The Morgan fingerprint density at radius 3 is 2.80 bits per heavy atom. The molecule has 0 saturated carbocycles. The van der Waals surface area contributed by atoms with Crippen molar-refractivity contribution in [3.8, 4) is 5.75 Å². The molecule has 2 rings (SSSR count). The van der Waals surface area contributed by atoms with E-state index in [1.807, 2.05) is 18.2 Å². The van der Waals surface area contributed by atoms with Crippen molar-refractivity contribution in [2.45, 2.75) is 13.5 Å². The van der Waals surface area contributed by atoms with E-state index >= 15 is 0 Å². The molecule has 0 atom stereocenters. The van der Waals surface area contributed by atoms with Gasteiger partial charge in [0.1, 0.15) is 0 Å². The molecule has 1 aromatic carbocycles. The molecule has 0 spiro atoms. The third-order valence-electron chi connectivity index (χ3n) is 2.27. The summed E-state index contributed by atoms with van der Waals surface area (Å²) in [6, 6.07) is 9.09. The lowest BCUT2D eigenvalue weighted by atomic mass is 10.2. The molecule has 1 heterocycles. The van der Waals surface area contributed by atoms with Gasteiger partial charge < -0.3 is 5.11 Å². The molecular formula is C12H12NO2+. The largest absolute Gasteiger partial charge is 0.502 e. The Hall–Kier alpha value is -1.90. The first-order chi connectivity index (χ1) is 7.18. The topological polar surface area (TPSA) is 41.2 Å². The summed E-state index contributed by atoms with van der Waals surface area (Å²) in [6.07, 6.45) is 1.80. The lowest BCUT2D eigenvalue weighted by Gasteiger charge is -2.00. The van der Waals surface area contributed by atoms with E-state index in [1.54, 1.807) is 22.9 Å². The van der Waals surface area contributed by atoms with Crippen molar-refractivity contribution < 1.29 is 14.5 Å². The van der Waals surface area contributed by atoms with E-state index in [0.29, 0.717) is 5.52 Å². The number of fused-ring (bicyclic) bond motifs is 1. The Morgan fingerprint density at radius 2 is 2.07 bits per heavy atom. The molecule has 0 fully saturated rings. The molecule has 0 saturated heterocycles. The minimum absolute atomic E-state index is 0.0655. The number of carbonyl (C=O) groups is 1. The number of phenols is 1. The van der Waals surface area contributed by atoms with Crippen LogP contribution in [0, 0.1) is 0 Å². The summed E-state index contributed by atoms with van der Waals surface area (Å²) in [6.45, 7) is 1.82.